The Balaban J connectivity index is 1.36. The summed E-state index contributed by atoms with van der Waals surface area (Å²) in [5, 5.41) is 9.18. The van der Waals surface area contributed by atoms with E-state index in [-0.39, 0.29) is 31.0 Å². The lowest BCUT2D eigenvalue weighted by molar-refractivity contribution is -0.134. The van der Waals surface area contributed by atoms with E-state index in [2.05, 4.69) is 56.3 Å². The zero-order valence-corrected chi connectivity index (χ0v) is 22.0. The first-order chi connectivity index (χ1) is 17.8. The Morgan fingerprint density at radius 1 is 0.973 bits per heavy atom. The largest absolute Gasteiger partial charge is 0.494 e. The lowest BCUT2D eigenvalue weighted by atomic mass is 9.98. The Morgan fingerprint density at radius 3 is 2.35 bits per heavy atom. The van der Waals surface area contributed by atoms with E-state index in [4.69, 9.17) is 9.47 Å². The van der Waals surface area contributed by atoms with Crippen molar-refractivity contribution in [2.24, 2.45) is 0 Å². The van der Waals surface area contributed by atoms with Crippen LogP contribution >= 0.6 is 0 Å². The first kappa shape index (κ1) is 26.9. The summed E-state index contributed by atoms with van der Waals surface area (Å²) < 4.78 is 36.0. The van der Waals surface area contributed by atoms with Crippen molar-refractivity contribution in [3.05, 3.63) is 83.4 Å². The minimum absolute atomic E-state index is 0.00788. The molecule has 0 spiro atoms. The highest BCUT2D eigenvalue weighted by atomic mass is 32.2. The molecule has 1 aliphatic rings. The molecular weight excluding hydrogens is 490 g/mol. The normalized spacial score (nSPS) is 15.2. The van der Waals surface area contributed by atoms with Gasteiger partial charge in [-0.1, -0.05) is 42.5 Å². The van der Waals surface area contributed by atoms with Crippen LogP contribution in [0.3, 0.4) is 0 Å². The highest BCUT2D eigenvalue weighted by molar-refractivity contribution is 7.93. The Hall–Kier alpha value is -3.20. The predicted octanol–water partition coefficient (Wildman–Crippen LogP) is 4.81. The summed E-state index contributed by atoms with van der Waals surface area (Å²) in [4.78, 5) is 12.4. The average molecular weight is 524 g/mol. The van der Waals surface area contributed by atoms with Crippen LogP contribution in [0.2, 0.25) is 0 Å². The molecule has 0 aromatic heterocycles. The first-order valence-electron chi connectivity index (χ1n) is 12.4. The molecule has 1 heterocycles. The summed E-state index contributed by atoms with van der Waals surface area (Å²) in [7, 11) is -4.05. The third-order valence-electron chi connectivity index (χ3n) is 7.11. The van der Waals surface area contributed by atoms with E-state index >= 15 is 0 Å². The fourth-order valence-electron chi connectivity index (χ4n) is 4.66. The quantitative estimate of drug-likeness (QED) is 0.237. The van der Waals surface area contributed by atoms with Gasteiger partial charge in [0.1, 0.15) is 5.75 Å². The number of benzene rings is 3. The summed E-state index contributed by atoms with van der Waals surface area (Å²) in [5.74, 6) is -0.381. The fraction of sp³-hybridized carbons (Fsp3) is 0.345. The van der Waals surface area contributed by atoms with Crippen LogP contribution in [-0.4, -0.2) is 44.1 Å². The molecule has 0 saturated carbocycles. The summed E-state index contributed by atoms with van der Waals surface area (Å²) in [6.45, 7) is 4.97. The number of nitrogens with one attached hydrogen (secondary N) is 1. The smallest absolute Gasteiger partial charge is 0.265 e. The van der Waals surface area contributed by atoms with Crippen molar-refractivity contribution in [1.29, 1.82) is 0 Å². The number of carbonyl (C=O) groups excluding carboxylic acids is 1. The molecule has 0 bridgehead atoms. The maximum Gasteiger partial charge on any atom is 0.265 e. The molecular formula is C29H33NO6S. The van der Waals surface area contributed by atoms with Crippen molar-refractivity contribution in [2.45, 2.75) is 49.2 Å². The van der Waals surface area contributed by atoms with Gasteiger partial charge >= 0.3 is 0 Å². The Kier molecular flexibility index (Phi) is 8.32. The number of rotatable bonds is 9. The van der Waals surface area contributed by atoms with E-state index in [1.54, 1.807) is 12.1 Å². The van der Waals surface area contributed by atoms with Crippen LogP contribution in [0.15, 0.2) is 71.6 Å². The van der Waals surface area contributed by atoms with Gasteiger partial charge in [0.05, 0.1) is 11.5 Å². The molecule has 0 aliphatic carbocycles. The second-order valence-corrected chi connectivity index (χ2v) is 11.7. The van der Waals surface area contributed by atoms with Gasteiger partial charge in [-0.05, 0) is 91.6 Å². The molecule has 37 heavy (non-hydrogen) atoms. The predicted molar refractivity (Wildman–Crippen MR) is 142 cm³/mol. The molecule has 1 saturated heterocycles. The van der Waals surface area contributed by atoms with Crippen molar-refractivity contribution < 1.29 is 27.9 Å². The lowest BCUT2D eigenvalue weighted by Gasteiger charge is -2.34. The third kappa shape index (κ3) is 5.71. The Bertz CT molecular complexity index is 1350. The molecule has 1 aliphatic heterocycles. The van der Waals surface area contributed by atoms with Gasteiger partial charge in [-0.15, -0.1) is 0 Å². The molecule has 7 nitrogen and oxygen atoms in total. The van der Waals surface area contributed by atoms with Gasteiger partial charge in [0, 0.05) is 13.2 Å². The topological polar surface area (TPSA) is 102 Å². The van der Waals surface area contributed by atoms with Crippen molar-refractivity contribution in [3.8, 4) is 16.9 Å². The Labute approximate surface area is 218 Å². The van der Waals surface area contributed by atoms with Gasteiger partial charge in [0.2, 0.25) is 0 Å². The first-order valence-corrected chi connectivity index (χ1v) is 13.9. The zero-order valence-electron chi connectivity index (χ0n) is 21.2. The maximum absolute atomic E-state index is 13.3. The van der Waals surface area contributed by atoms with E-state index in [1.165, 1.54) is 45.4 Å². The molecule has 1 amide bonds. The number of ether oxygens (including phenoxy) is 2. The number of sulfone groups is 1. The van der Waals surface area contributed by atoms with Crippen LogP contribution in [-0.2, 0) is 25.8 Å². The van der Waals surface area contributed by atoms with Crippen molar-refractivity contribution in [3.63, 3.8) is 0 Å². The number of amides is 1. The summed E-state index contributed by atoms with van der Waals surface area (Å²) in [5.41, 5.74) is 7.70. The molecule has 1 fully saturated rings. The molecule has 196 valence electrons. The molecule has 8 heteroatoms. The van der Waals surface area contributed by atoms with Gasteiger partial charge in [0.15, 0.2) is 14.6 Å². The van der Waals surface area contributed by atoms with Crippen LogP contribution in [0.1, 0.15) is 36.0 Å². The van der Waals surface area contributed by atoms with E-state index in [0.29, 0.717) is 12.4 Å². The van der Waals surface area contributed by atoms with E-state index in [1.807, 2.05) is 0 Å². The lowest BCUT2D eigenvalue weighted by Crippen LogP contribution is -2.54. The molecule has 4 rings (SSSR count). The summed E-state index contributed by atoms with van der Waals surface area (Å²) >= 11 is 0. The van der Waals surface area contributed by atoms with Gasteiger partial charge in [-0.2, -0.15) is 0 Å². The third-order valence-corrected chi connectivity index (χ3v) is 9.63. The molecule has 3 aromatic carbocycles. The minimum Gasteiger partial charge on any atom is -0.494 e. The van der Waals surface area contributed by atoms with Crippen LogP contribution in [0.4, 0.5) is 0 Å². The van der Waals surface area contributed by atoms with Gasteiger partial charge < -0.3 is 9.47 Å². The molecule has 3 aromatic rings. The monoisotopic (exact) mass is 523 g/mol. The van der Waals surface area contributed by atoms with Crippen LogP contribution in [0.25, 0.3) is 11.1 Å². The number of aryl methyl sites for hydroxylation is 3. The second-order valence-electron chi connectivity index (χ2n) is 9.47. The summed E-state index contributed by atoms with van der Waals surface area (Å²) in [6, 6.07) is 21.1. The molecule has 0 atom stereocenters. The average Bonchev–Trinajstić information content (AvgIpc) is 2.93. The second kappa shape index (κ2) is 11.5. The van der Waals surface area contributed by atoms with Gasteiger partial charge in [0.25, 0.3) is 5.91 Å². The number of hydroxylamine groups is 1. The fourth-order valence-corrected chi connectivity index (χ4v) is 6.59. The van der Waals surface area contributed by atoms with E-state index < -0.39 is 20.5 Å². The number of carbonyl (C=O) groups is 1. The van der Waals surface area contributed by atoms with Crippen LogP contribution < -0.4 is 10.2 Å². The minimum atomic E-state index is -4.05. The molecule has 2 N–H and O–H groups in total. The van der Waals surface area contributed by atoms with E-state index in [0.717, 1.165) is 12.8 Å². The Morgan fingerprint density at radius 2 is 1.68 bits per heavy atom. The highest BCUT2D eigenvalue weighted by Gasteiger charge is 2.52. The molecule has 0 radical (unpaired) electrons. The van der Waals surface area contributed by atoms with Gasteiger partial charge in [-0.3, -0.25) is 10.0 Å². The van der Waals surface area contributed by atoms with Crippen molar-refractivity contribution in [1.82, 2.24) is 5.48 Å². The summed E-state index contributed by atoms with van der Waals surface area (Å²) in [6.07, 6.45) is 1.61. The number of hydrogen-bond donors (Lipinski definition) is 2. The van der Waals surface area contributed by atoms with Crippen molar-refractivity contribution >= 4 is 15.7 Å². The highest BCUT2D eigenvalue weighted by Crippen LogP contribution is 2.35. The zero-order chi connectivity index (χ0) is 26.5. The van der Waals surface area contributed by atoms with E-state index in [9.17, 15) is 18.4 Å². The van der Waals surface area contributed by atoms with Gasteiger partial charge in [-0.25, -0.2) is 13.9 Å². The molecule has 0 unspecified atom stereocenters. The standard InChI is InChI=1S/C29H33NO6S/c1-21-8-9-25(19-22(21)2)24-7-3-5-23(20-24)6-4-16-36-26-10-12-27(13-11-26)37(33,34)29(28(31)30-32)14-17-35-18-15-29/h3,5,7-13,19-20,32H,4,6,14-18H2,1-2H3,(H,30,31). The van der Waals surface area contributed by atoms with Crippen LogP contribution in [0.5, 0.6) is 5.75 Å². The SMILES string of the molecule is Cc1ccc(-c2cccc(CCCOc3ccc(S(=O)(=O)C4(C(=O)NO)CCOCC4)cc3)c2)cc1C. The van der Waals surface area contributed by atoms with Crippen molar-refractivity contribution in [2.75, 3.05) is 19.8 Å². The number of hydrogen-bond acceptors (Lipinski definition) is 6. The van der Waals surface area contributed by atoms with Crippen LogP contribution in [0, 0.1) is 13.8 Å². The maximum atomic E-state index is 13.3.